The van der Waals surface area contributed by atoms with Crippen LogP contribution in [-0.4, -0.2) is 0 Å². The molecule has 0 bridgehead atoms. The number of rotatable bonds is 10. The van der Waals surface area contributed by atoms with E-state index in [0.29, 0.717) is 0 Å². The molecule has 22 aromatic rings. The van der Waals surface area contributed by atoms with Crippen LogP contribution in [0.5, 0.6) is 46.0 Å². The first-order chi connectivity index (χ1) is 73.0. The van der Waals surface area contributed by atoms with E-state index in [4.69, 9.17) is 66.2 Å². The van der Waals surface area contributed by atoms with E-state index in [2.05, 4.69) is 500 Å². The van der Waals surface area contributed by atoms with Crippen LogP contribution in [0.3, 0.4) is 0 Å². The lowest BCUT2D eigenvalue weighted by molar-refractivity contribution is 0.478. The predicted molar refractivity (Wildman–Crippen MR) is 629 cm³/mol. The van der Waals surface area contributed by atoms with Gasteiger partial charge in [-0.25, -0.2) is 0 Å². The average molecular weight is 2040 g/mol. The summed E-state index contributed by atoms with van der Waals surface area (Å²) in [6.45, 7) is 0. The summed E-state index contributed by atoms with van der Waals surface area (Å²) in [6, 6.07) is 153. The second-order valence-electron chi connectivity index (χ2n) is 38.9. The molecule has 0 fully saturated rings. The first-order valence-electron chi connectivity index (χ1n) is 49.6. The van der Waals surface area contributed by atoms with E-state index in [-0.39, 0.29) is 0 Å². The molecular formula is C128H76N8O4P4S4. The fourth-order valence-electron chi connectivity index (χ4n) is 25.8. The smallest absolute Gasteiger partial charge is 0.163 e. The molecule has 0 N–H and O–H groups in total. The van der Waals surface area contributed by atoms with Gasteiger partial charge in [0.15, 0.2) is 23.0 Å². The van der Waals surface area contributed by atoms with E-state index in [1.165, 1.54) is 0 Å². The van der Waals surface area contributed by atoms with Gasteiger partial charge in [-0.05, 0) is 215 Å². The molecule has 696 valence electrons. The Morgan fingerprint density at radius 2 is 0.365 bits per heavy atom. The van der Waals surface area contributed by atoms with Crippen molar-refractivity contribution < 1.29 is 18.9 Å². The second-order valence-corrected chi connectivity index (χ2v) is 55.7. The van der Waals surface area contributed by atoms with E-state index in [1.54, 1.807) is 0 Å². The highest BCUT2D eigenvalue weighted by molar-refractivity contribution is 8.28. The number of para-hydroxylation sites is 8. The molecule has 22 aromatic carbocycles. The lowest BCUT2D eigenvalue weighted by atomic mass is 9.99. The van der Waals surface area contributed by atoms with Gasteiger partial charge < -0.3 is 58.1 Å². The Labute approximate surface area is 873 Å². The largest absolute Gasteiger partial charge is 0.454 e. The molecule has 0 radical (unpaired) electrons. The molecule has 148 heavy (non-hydrogen) atoms. The van der Waals surface area contributed by atoms with Crippen molar-refractivity contribution in [2.24, 2.45) is 0 Å². The first kappa shape index (κ1) is 83.8. The fourth-order valence-corrected chi connectivity index (χ4v) is 46.3. The van der Waals surface area contributed by atoms with Crippen LogP contribution in [0.15, 0.2) is 461 Å². The van der Waals surface area contributed by atoms with E-state index >= 15 is 0 Å². The van der Waals surface area contributed by atoms with Crippen molar-refractivity contribution in [2.75, 3.05) is 39.2 Å². The Hall–Kier alpha value is -16.4. The molecule has 12 aliphatic heterocycles. The molecule has 12 heterocycles. The van der Waals surface area contributed by atoms with Gasteiger partial charge in [-0.1, -0.05) is 326 Å². The van der Waals surface area contributed by atoms with Crippen LogP contribution >= 0.6 is 24.2 Å². The topological polar surface area (TPSA) is 62.8 Å². The van der Waals surface area contributed by atoms with Gasteiger partial charge in [0.05, 0.1) is 135 Å². The lowest BCUT2D eigenvalue weighted by Gasteiger charge is -2.54. The molecule has 0 aromatic heterocycles. The normalized spacial score (nSPS) is 18.1. The zero-order chi connectivity index (χ0) is 97.2. The van der Waals surface area contributed by atoms with Crippen LogP contribution in [0, 0.1) is 0 Å². The van der Waals surface area contributed by atoms with Crippen LogP contribution in [-0.2, 0) is 47.2 Å². The van der Waals surface area contributed by atoms with Crippen molar-refractivity contribution >= 4 is 293 Å². The highest BCUT2D eigenvalue weighted by Crippen LogP contribution is 2.79. The molecule has 0 saturated carbocycles. The van der Waals surface area contributed by atoms with E-state index in [1.807, 2.05) is 0 Å². The minimum atomic E-state index is -3.17. The van der Waals surface area contributed by atoms with Gasteiger partial charge in [0.2, 0.25) is 0 Å². The lowest BCUT2D eigenvalue weighted by Crippen LogP contribution is -2.50. The SMILES string of the molecule is S=P12c3c4cccc3N(c3ccccc3)c3c1c(cc1ccccc31)N(c1ccccc1)c1c3c5c(c(c12)O4)N(c1ccccc1)c1cc2ccccc2c2c1P5(=S)c1c(cccc1N2c1ccccc1)O3.S=P12c3c4cccc3N(c3ccccc3)c3cccc(c31)N(c1ccccc1)c1c3c5c(c(c12)O4)N(c1ccccc1)c1cc(-c2ccccc2)cc2c1P5(=S)c1c(cc(-c4ccccc4)cc1N2c1ccccc1)O3. The molecule has 4 unspecified atom stereocenters. The number of nitrogens with zero attached hydrogens (tertiary/aromatic N) is 8. The van der Waals surface area contributed by atoms with Gasteiger partial charge in [-0.15, -0.1) is 0 Å². The third kappa shape index (κ3) is 10.8. The number of ether oxygens (including phenoxy) is 4. The number of hydrogen-bond acceptors (Lipinski definition) is 16. The zero-order valence-electron chi connectivity index (χ0n) is 78.5. The van der Waals surface area contributed by atoms with Crippen LogP contribution in [0.25, 0.3) is 43.8 Å². The van der Waals surface area contributed by atoms with Gasteiger partial charge in [0.25, 0.3) is 0 Å². The summed E-state index contributed by atoms with van der Waals surface area (Å²) in [7, 11) is 0. The Balaban J connectivity index is 0.000000129. The van der Waals surface area contributed by atoms with Crippen molar-refractivity contribution in [3.05, 3.63) is 461 Å². The van der Waals surface area contributed by atoms with E-state index < -0.39 is 24.2 Å². The zero-order valence-corrected chi connectivity index (χ0v) is 85.4. The van der Waals surface area contributed by atoms with Crippen molar-refractivity contribution in [1.29, 1.82) is 0 Å². The van der Waals surface area contributed by atoms with Crippen molar-refractivity contribution in [2.45, 2.75) is 0 Å². The Morgan fingerprint density at radius 1 is 0.149 bits per heavy atom. The monoisotopic (exact) mass is 2040 g/mol. The molecule has 4 atom stereocenters. The van der Waals surface area contributed by atoms with Crippen LogP contribution < -0.4 is 122 Å². The highest BCUT2D eigenvalue weighted by atomic mass is 32.5. The molecule has 34 rings (SSSR count). The maximum absolute atomic E-state index is 8.02. The molecule has 20 heteroatoms. The van der Waals surface area contributed by atoms with Crippen molar-refractivity contribution in [1.82, 2.24) is 0 Å². The predicted octanol–water partition coefficient (Wildman–Crippen LogP) is 30.7. The Kier molecular flexibility index (Phi) is 17.3. The molecule has 0 saturated heterocycles. The van der Waals surface area contributed by atoms with Crippen molar-refractivity contribution in [3.63, 3.8) is 0 Å². The van der Waals surface area contributed by atoms with Gasteiger partial charge in [-0.2, -0.15) is 0 Å². The molecule has 12 nitrogen and oxygen atoms in total. The summed E-state index contributed by atoms with van der Waals surface area (Å²) >= 11 is 31.2. The maximum atomic E-state index is 8.02. The van der Waals surface area contributed by atoms with Gasteiger partial charge >= 0.3 is 0 Å². The van der Waals surface area contributed by atoms with Crippen LogP contribution in [0.1, 0.15) is 0 Å². The standard InChI is InChI=1S/C66H40N4O2P2S2.C62H36N4O2P2S2/c75-73-61-49-33-19-34-50(61)69(47-29-15-5-16-30-47)57-60-66-58(59(65(57)73)71-55-36-20-35-51(63(55)73)67(49)45-25-11-3-12-26-45)70(48-31-17-6-18-32-48)53-38-43(41-21-7-1-8-22-41)37-52-62(53)74(66,76)64-54(68(52)46-27-13-4-14-28-46)39-44(40-56(64)72-60)42-23-9-2-10-24-42;71-69-57-45-31-17-33-49(57)67-55-54-62-56(53(61(55)69)65(41-25-9-3-10-26-41)47-35-37-19-13-15-29-43(37)51(59(47)69)63(45)39-21-5-1-6-22-39)68-50-34-18-32-46-58(50)70(62,72)60-48(66(54)42-27-11-4-12-28-42)36-38-20-14-16-30-44(38)52(60)64(46)40-23-7-2-8-24-40/h1-40H;1-36H. The van der Waals surface area contributed by atoms with E-state index in [9.17, 15) is 0 Å². The Bertz CT molecular complexity index is 9670. The van der Waals surface area contributed by atoms with E-state index in [0.717, 1.165) is 290 Å². The number of anilines is 24. The summed E-state index contributed by atoms with van der Waals surface area (Å²) in [5.41, 5.74) is 28.6. The third-order valence-corrected chi connectivity index (χ3v) is 50.7. The second kappa shape index (κ2) is 30.6. The highest BCUT2D eigenvalue weighted by Gasteiger charge is 2.63. The molecular weight excluding hydrogens is 1970 g/mol. The summed E-state index contributed by atoms with van der Waals surface area (Å²) in [6.07, 6.45) is 0. The van der Waals surface area contributed by atoms with Crippen molar-refractivity contribution in [3.8, 4) is 68.2 Å². The number of hydrogen-bond donors (Lipinski definition) is 0. The summed E-state index contributed by atoms with van der Waals surface area (Å²) in [5.74, 6) is 6.04. The minimum Gasteiger partial charge on any atom is -0.454 e. The molecule has 12 aliphatic rings. The Morgan fingerprint density at radius 3 is 0.709 bits per heavy atom. The third-order valence-electron chi connectivity index (χ3n) is 31.3. The van der Waals surface area contributed by atoms with Gasteiger partial charge in [-0.3, -0.25) is 0 Å². The van der Waals surface area contributed by atoms with Gasteiger partial charge in [0.1, 0.15) is 45.7 Å². The first-order valence-corrected chi connectivity index (χ1v) is 60.8. The minimum absolute atomic E-state index is 0.734. The summed E-state index contributed by atoms with van der Waals surface area (Å²) < 4.78 is 31.5. The fraction of sp³-hybridized carbons (Fsp3) is 0. The molecule has 0 spiro atoms. The number of benzene rings is 22. The van der Waals surface area contributed by atoms with Crippen LogP contribution in [0.2, 0.25) is 0 Å². The molecule has 0 amide bonds. The quantitative estimate of drug-likeness (QED) is 0.122. The molecule has 0 aliphatic carbocycles. The maximum Gasteiger partial charge on any atom is 0.163 e. The summed E-state index contributed by atoms with van der Waals surface area (Å²) in [4.78, 5) is 19.4. The van der Waals surface area contributed by atoms with Crippen LogP contribution in [0.4, 0.5) is 136 Å². The average Bonchev–Trinajstić information content (AvgIpc) is 0.640. The van der Waals surface area contributed by atoms with Gasteiger partial charge in [0, 0.05) is 77.5 Å². The number of fused-ring (bicyclic) bond motifs is 8. The summed E-state index contributed by atoms with van der Waals surface area (Å²) in [5, 5.41) is 17.1.